The topological polar surface area (TPSA) is 32.3 Å². The minimum absolute atomic E-state index is 0.312. The normalized spacial score (nSPS) is 12.0. The fourth-order valence-corrected chi connectivity index (χ4v) is 2.61. The number of aliphatic hydroxyl groups is 1. The quantitative estimate of drug-likeness (QED) is 0.551. The van der Waals surface area contributed by atoms with E-state index >= 15 is 0 Å². The van der Waals surface area contributed by atoms with Crippen LogP contribution in [0.4, 0.5) is 0 Å². The number of rotatable bonds is 11. The number of thioether (sulfide) groups is 1. The van der Waals surface area contributed by atoms with Crippen LogP contribution >= 0.6 is 11.8 Å². The monoisotopic (exact) mass is 247 g/mol. The Hall–Kier alpha value is 0.270. The Balaban J connectivity index is 3.67. The first-order chi connectivity index (χ1) is 7.74. The van der Waals surface area contributed by atoms with E-state index in [1.54, 1.807) is 0 Å². The highest BCUT2D eigenvalue weighted by Crippen LogP contribution is 2.29. The molecule has 16 heavy (non-hydrogen) atoms. The van der Waals surface area contributed by atoms with E-state index in [-0.39, 0.29) is 0 Å². The van der Waals surface area contributed by atoms with Crippen molar-refractivity contribution >= 4 is 11.8 Å². The zero-order chi connectivity index (χ0) is 12.3. The van der Waals surface area contributed by atoms with Gasteiger partial charge in [-0.1, -0.05) is 20.8 Å². The molecule has 0 heterocycles. The molecule has 3 heteroatoms. The van der Waals surface area contributed by atoms with Crippen LogP contribution in [0.2, 0.25) is 0 Å². The summed E-state index contributed by atoms with van der Waals surface area (Å²) in [5.74, 6) is 2.48. The van der Waals surface area contributed by atoms with E-state index < -0.39 is 0 Å². The van der Waals surface area contributed by atoms with Gasteiger partial charge in [-0.15, -0.1) is 0 Å². The van der Waals surface area contributed by atoms with Crippen LogP contribution in [0, 0.1) is 5.41 Å². The Kier molecular flexibility index (Phi) is 10.6. The minimum atomic E-state index is 0.312. The SMILES string of the molecule is CCSCCCNCC(CC)(CC)CCO. The van der Waals surface area contributed by atoms with Crippen LogP contribution in [0.1, 0.15) is 46.5 Å². The average molecular weight is 247 g/mol. The van der Waals surface area contributed by atoms with E-state index in [2.05, 4.69) is 26.1 Å². The van der Waals surface area contributed by atoms with Crippen molar-refractivity contribution < 1.29 is 5.11 Å². The summed E-state index contributed by atoms with van der Waals surface area (Å²) in [6, 6.07) is 0. The molecule has 0 aromatic rings. The molecule has 0 spiro atoms. The third-order valence-corrected chi connectivity index (χ3v) is 4.47. The van der Waals surface area contributed by atoms with Crippen molar-refractivity contribution in [2.45, 2.75) is 46.5 Å². The van der Waals surface area contributed by atoms with Crippen LogP contribution in [0.5, 0.6) is 0 Å². The lowest BCUT2D eigenvalue weighted by atomic mass is 9.79. The molecular weight excluding hydrogens is 218 g/mol. The third-order valence-electron chi connectivity index (χ3n) is 3.49. The maximum Gasteiger partial charge on any atom is 0.0436 e. The Labute approximate surface area is 106 Å². The second-order valence-corrected chi connectivity index (χ2v) is 5.80. The van der Waals surface area contributed by atoms with E-state index in [4.69, 9.17) is 5.11 Å². The highest BCUT2D eigenvalue weighted by molar-refractivity contribution is 7.99. The summed E-state index contributed by atoms with van der Waals surface area (Å²) in [5, 5.41) is 12.7. The Morgan fingerprint density at radius 1 is 1.19 bits per heavy atom. The molecule has 0 aliphatic carbocycles. The number of hydrogen-bond acceptors (Lipinski definition) is 3. The Bertz CT molecular complexity index is 149. The predicted octanol–water partition coefficient (Wildman–Crippen LogP) is 2.91. The number of nitrogens with one attached hydrogen (secondary N) is 1. The second-order valence-electron chi connectivity index (χ2n) is 4.41. The van der Waals surface area contributed by atoms with Gasteiger partial charge in [-0.3, -0.25) is 0 Å². The van der Waals surface area contributed by atoms with Crippen molar-refractivity contribution in [3.63, 3.8) is 0 Å². The molecule has 0 bridgehead atoms. The van der Waals surface area contributed by atoms with Crippen molar-refractivity contribution in [3.8, 4) is 0 Å². The molecule has 0 aliphatic heterocycles. The van der Waals surface area contributed by atoms with Gasteiger partial charge in [0.1, 0.15) is 0 Å². The van der Waals surface area contributed by atoms with Crippen LogP contribution in [-0.2, 0) is 0 Å². The molecule has 0 saturated heterocycles. The molecule has 2 nitrogen and oxygen atoms in total. The molecule has 0 rings (SSSR count). The van der Waals surface area contributed by atoms with Crippen molar-refractivity contribution in [3.05, 3.63) is 0 Å². The van der Waals surface area contributed by atoms with Crippen LogP contribution in [0.25, 0.3) is 0 Å². The molecule has 0 saturated carbocycles. The van der Waals surface area contributed by atoms with Gasteiger partial charge in [0.15, 0.2) is 0 Å². The standard InChI is InChI=1S/C13H29NOS/c1-4-13(5-2,8-10-15)12-14-9-7-11-16-6-3/h14-15H,4-12H2,1-3H3. The largest absolute Gasteiger partial charge is 0.396 e. The Morgan fingerprint density at radius 3 is 2.38 bits per heavy atom. The fourth-order valence-electron chi connectivity index (χ4n) is 1.98. The summed E-state index contributed by atoms with van der Waals surface area (Å²) in [6.07, 6.45) is 4.49. The summed E-state index contributed by atoms with van der Waals surface area (Å²) in [5.41, 5.74) is 0.312. The lowest BCUT2D eigenvalue weighted by Crippen LogP contribution is -2.35. The lowest BCUT2D eigenvalue weighted by molar-refractivity contribution is 0.164. The summed E-state index contributed by atoms with van der Waals surface area (Å²) in [6.45, 7) is 9.15. The zero-order valence-electron chi connectivity index (χ0n) is 11.2. The van der Waals surface area contributed by atoms with Crippen LogP contribution in [0.15, 0.2) is 0 Å². The van der Waals surface area contributed by atoms with Crippen molar-refractivity contribution in [2.24, 2.45) is 5.41 Å². The maximum absolute atomic E-state index is 9.11. The predicted molar refractivity (Wildman–Crippen MR) is 75.2 cm³/mol. The van der Waals surface area contributed by atoms with Crippen molar-refractivity contribution in [2.75, 3.05) is 31.2 Å². The first kappa shape index (κ1) is 16.3. The summed E-state index contributed by atoms with van der Waals surface area (Å²) in [7, 11) is 0. The van der Waals surface area contributed by atoms with Crippen LogP contribution < -0.4 is 5.32 Å². The highest BCUT2D eigenvalue weighted by atomic mass is 32.2. The molecule has 2 N–H and O–H groups in total. The average Bonchev–Trinajstić information content (AvgIpc) is 2.32. The highest BCUT2D eigenvalue weighted by Gasteiger charge is 2.24. The molecule has 0 radical (unpaired) electrons. The first-order valence-corrected chi connectivity index (χ1v) is 7.79. The van der Waals surface area contributed by atoms with Crippen LogP contribution in [0.3, 0.4) is 0 Å². The number of aliphatic hydroxyl groups excluding tert-OH is 1. The van der Waals surface area contributed by atoms with Gasteiger partial charge in [-0.05, 0) is 49.1 Å². The lowest BCUT2D eigenvalue weighted by Gasteiger charge is -2.31. The molecule has 0 aromatic carbocycles. The maximum atomic E-state index is 9.11. The molecule has 0 atom stereocenters. The summed E-state index contributed by atoms with van der Waals surface area (Å²) in [4.78, 5) is 0. The van der Waals surface area contributed by atoms with Gasteiger partial charge in [0, 0.05) is 13.2 Å². The Morgan fingerprint density at radius 2 is 1.88 bits per heavy atom. The van der Waals surface area contributed by atoms with Crippen LogP contribution in [-0.4, -0.2) is 36.3 Å². The molecule has 0 unspecified atom stereocenters. The third kappa shape index (κ3) is 6.77. The molecule has 0 amide bonds. The van der Waals surface area contributed by atoms with Crippen molar-refractivity contribution in [1.82, 2.24) is 5.32 Å². The number of hydrogen-bond donors (Lipinski definition) is 2. The summed E-state index contributed by atoms with van der Waals surface area (Å²) >= 11 is 2.01. The molecule has 0 aromatic heterocycles. The van der Waals surface area contributed by atoms with E-state index in [1.165, 1.54) is 17.9 Å². The van der Waals surface area contributed by atoms with Gasteiger partial charge < -0.3 is 10.4 Å². The van der Waals surface area contributed by atoms with E-state index in [9.17, 15) is 0 Å². The smallest absolute Gasteiger partial charge is 0.0436 e. The van der Waals surface area contributed by atoms with E-state index in [0.717, 1.165) is 32.4 Å². The van der Waals surface area contributed by atoms with Gasteiger partial charge in [-0.2, -0.15) is 11.8 Å². The fraction of sp³-hybridized carbons (Fsp3) is 1.00. The summed E-state index contributed by atoms with van der Waals surface area (Å²) < 4.78 is 0. The van der Waals surface area contributed by atoms with Gasteiger partial charge in [0.25, 0.3) is 0 Å². The molecule has 98 valence electrons. The van der Waals surface area contributed by atoms with Gasteiger partial charge in [-0.25, -0.2) is 0 Å². The van der Waals surface area contributed by atoms with Gasteiger partial charge >= 0.3 is 0 Å². The van der Waals surface area contributed by atoms with Gasteiger partial charge in [0.2, 0.25) is 0 Å². The second kappa shape index (κ2) is 10.4. The zero-order valence-corrected chi connectivity index (χ0v) is 12.0. The first-order valence-electron chi connectivity index (χ1n) is 6.64. The molecule has 0 fully saturated rings. The van der Waals surface area contributed by atoms with Crippen molar-refractivity contribution in [1.29, 1.82) is 0 Å². The minimum Gasteiger partial charge on any atom is -0.396 e. The van der Waals surface area contributed by atoms with E-state index in [1.807, 2.05) is 11.8 Å². The van der Waals surface area contributed by atoms with E-state index in [0.29, 0.717) is 12.0 Å². The molecular formula is C13H29NOS. The van der Waals surface area contributed by atoms with Gasteiger partial charge in [0.05, 0.1) is 0 Å². The molecule has 0 aliphatic rings.